The van der Waals surface area contributed by atoms with E-state index in [1.54, 1.807) is 17.1 Å². The predicted molar refractivity (Wildman–Crippen MR) is 145 cm³/mol. The number of likely N-dealkylation sites (N-methyl/N-ethyl adjacent to an activating group) is 1. The van der Waals surface area contributed by atoms with Gasteiger partial charge in [0.1, 0.15) is 5.39 Å². The van der Waals surface area contributed by atoms with E-state index in [0.29, 0.717) is 23.0 Å². The molecule has 0 fully saturated rings. The fraction of sp³-hybridized carbons (Fsp3) is 0.429. The second-order valence-electron chi connectivity index (χ2n) is 11.0. The Morgan fingerprint density at radius 1 is 1.08 bits per heavy atom. The number of aromatic nitrogens is 5. The second-order valence-corrected chi connectivity index (χ2v) is 11.0. The van der Waals surface area contributed by atoms with Gasteiger partial charge in [-0.25, -0.2) is 14.3 Å². The number of hydrogen-bond donors (Lipinski definition) is 2. The van der Waals surface area contributed by atoms with Crippen LogP contribution in [0.5, 0.6) is 0 Å². The van der Waals surface area contributed by atoms with Crippen molar-refractivity contribution in [2.45, 2.75) is 71.4 Å². The van der Waals surface area contributed by atoms with Gasteiger partial charge in [0, 0.05) is 41.3 Å². The molecule has 36 heavy (non-hydrogen) atoms. The number of hydrogen-bond acceptors (Lipinski definition) is 6. The third-order valence-electron chi connectivity index (χ3n) is 6.97. The zero-order chi connectivity index (χ0) is 25.6. The molecule has 0 saturated heterocycles. The lowest BCUT2D eigenvalue weighted by Crippen LogP contribution is -2.31. The Balaban J connectivity index is 1.58. The number of fused-ring (bicyclic) bond motifs is 2. The van der Waals surface area contributed by atoms with Crippen LogP contribution in [0.4, 0.5) is 11.6 Å². The highest BCUT2D eigenvalue weighted by molar-refractivity contribution is 5.77. The number of nitrogens with zero attached hydrogens (tertiary/aromatic N) is 5. The van der Waals surface area contributed by atoms with Gasteiger partial charge in [-0.1, -0.05) is 26.8 Å². The van der Waals surface area contributed by atoms with Gasteiger partial charge < -0.3 is 10.6 Å². The summed E-state index contributed by atoms with van der Waals surface area (Å²) < 4.78 is 3.64. The van der Waals surface area contributed by atoms with Gasteiger partial charge in [-0.15, -0.1) is 0 Å². The molecule has 0 amide bonds. The molecule has 1 aromatic carbocycles. The van der Waals surface area contributed by atoms with E-state index in [0.717, 1.165) is 36.3 Å². The Labute approximate surface area is 211 Å². The quantitative estimate of drug-likeness (QED) is 0.427. The maximum atomic E-state index is 13.3. The van der Waals surface area contributed by atoms with Crippen LogP contribution in [0.3, 0.4) is 0 Å². The van der Waals surface area contributed by atoms with E-state index in [4.69, 9.17) is 4.98 Å². The summed E-state index contributed by atoms with van der Waals surface area (Å²) in [6.07, 6.45) is 6.65. The normalized spacial score (nSPS) is 15.9. The minimum Gasteiger partial charge on any atom is -0.324 e. The van der Waals surface area contributed by atoms with Crippen LogP contribution in [0, 0.1) is 0 Å². The zero-order valence-corrected chi connectivity index (χ0v) is 22.0. The Morgan fingerprint density at radius 3 is 2.61 bits per heavy atom. The number of rotatable bonds is 5. The van der Waals surface area contributed by atoms with Crippen molar-refractivity contribution in [1.29, 1.82) is 0 Å². The van der Waals surface area contributed by atoms with Gasteiger partial charge in [0.2, 0.25) is 5.95 Å². The second kappa shape index (κ2) is 9.17. The van der Waals surface area contributed by atoms with E-state index < -0.39 is 0 Å². The van der Waals surface area contributed by atoms with E-state index >= 15 is 0 Å². The largest absolute Gasteiger partial charge is 0.324 e. The van der Waals surface area contributed by atoms with Crippen molar-refractivity contribution in [3.63, 3.8) is 0 Å². The Morgan fingerprint density at radius 2 is 1.89 bits per heavy atom. The van der Waals surface area contributed by atoms with Crippen molar-refractivity contribution in [3.05, 3.63) is 69.9 Å². The van der Waals surface area contributed by atoms with E-state index in [1.807, 2.05) is 37.7 Å². The number of benzene rings is 1. The molecule has 5 rings (SSSR count). The first kappa shape index (κ1) is 24.2. The molecule has 8 heteroatoms. The van der Waals surface area contributed by atoms with Gasteiger partial charge in [0.15, 0.2) is 5.65 Å². The topological polar surface area (TPSA) is 89.7 Å². The Hall–Kier alpha value is -3.52. The van der Waals surface area contributed by atoms with Crippen LogP contribution in [0.15, 0.2) is 47.5 Å². The molecule has 1 unspecified atom stereocenters. The molecule has 188 valence electrons. The highest BCUT2D eigenvalue weighted by Gasteiger charge is 2.22. The van der Waals surface area contributed by atoms with E-state index in [1.165, 1.54) is 11.1 Å². The van der Waals surface area contributed by atoms with Crippen molar-refractivity contribution in [2.24, 2.45) is 0 Å². The van der Waals surface area contributed by atoms with Crippen LogP contribution < -0.4 is 16.2 Å². The first-order chi connectivity index (χ1) is 17.2. The van der Waals surface area contributed by atoms with Crippen LogP contribution in [0.2, 0.25) is 0 Å². The summed E-state index contributed by atoms with van der Waals surface area (Å²) in [6, 6.07) is 10.9. The zero-order valence-electron chi connectivity index (χ0n) is 22.0. The summed E-state index contributed by atoms with van der Waals surface area (Å²) in [5, 5.41) is 7.25. The minimum atomic E-state index is -0.122. The summed E-state index contributed by atoms with van der Waals surface area (Å²) >= 11 is 0. The van der Waals surface area contributed by atoms with Crippen LogP contribution in [-0.2, 0) is 18.3 Å². The molecule has 4 aromatic rings. The molecule has 0 bridgehead atoms. The van der Waals surface area contributed by atoms with E-state index in [9.17, 15) is 4.79 Å². The van der Waals surface area contributed by atoms with Crippen molar-refractivity contribution in [3.8, 4) is 5.69 Å². The summed E-state index contributed by atoms with van der Waals surface area (Å²) in [6.45, 7) is 10.4. The lowest BCUT2D eigenvalue weighted by Gasteiger charge is -2.24. The summed E-state index contributed by atoms with van der Waals surface area (Å²) in [5.41, 5.74) is 5.86. The smallest absolute Gasteiger partial charge is 0.278 e. The Kier molecular flexibility index (Phi) is 6.16. The fourth-order valence-corrected chi connectivity index (χ4v) is 4.94. The van der Waals surface area contributed by atoms with Crippen LogP contribution >= 0.6 is 0 Å². The molecule has 8 nitrogen and oxygen atoms in total. The maximum Gasteiger partial charge on any atom is 0.278 e. The molecule has 1 aliphatic carbocycles. The summed E-state index contributed by atoms with van der Waals surface area (Å²) in [7, 11) is 2.03. The van der Waals surface area contributed by atoms with Crippen LogP contribution in [0.1, 0.15) is 63.9 Å². The average Bonchev–Trinajstić information content (AvgIpc) is 3.15. The van der Waals surface area contributed by atoms with Crippen molar-refractivity contribution in [2.75, 3.05) is 12.4 Å². The molecule has 3 heterocycles. The predicted octanol–water partition coefficient (Wildman–Crippen LogP) is 4.68. The fourth-order valence-electron chi connectivity index (χ4n) is 4.94. The standard InChI is InChI=1S/C28H35N7O/c1-17(2)34-26(36)23-16-31-27(32-21-10-8-18-13-20(29-6)9-7-19(18)14-21)33-25(23)35(34)22-11-12-30-24(15-22)28(3,4)5/h8,10-12,14-17,20,29H,7,9,13H2,1-6H3,(H,31,32,33). The number of anilines is 2. The number of pyridine rings is 1. The molecule has 2 N–H and O–H groups in total. The van der Waals surface area contributed by atoms with Gasteiger partial charge in [0.05, 0.1) is 5.69 Å². The number of aryl methyl sites for hydroxylation is 1. The molecule has 1 atom stereocenters. The monoisotopic (exact) mass is 485 g/mol. The van der Waals surface area contributed by atoms with Crippen molar-refractivity contribution < 1.29 is 0 Å². The van der Waals surface area contributed by atoms with Crippen molar-refractivity contribution >= 4 is 22.7 Å². The first-order valence-electron chi connectivity index (χ1n) is 12.7. The molecular weight excluding hydrogens is 450 g/mol. The van der Waals surface area contributed by atoms with E-state index in [-0.39, 0.29) is 17.0 Å². The lowest BCUT2D eigenvalue weighted by atomic mass is 9.88. The van der Waals surface area contributed by atoms with Gasteiger partial charge in [0.25, 0.3) is 5.56 Å². The molecule has 3 aromatic heterocycles. The lowest BCUT2D eigenvalue weighted by molar-refractivity contribution is 0.474. The average molecular weight is 486 g/mol. The first-order valence-corrected chi connectivity index (χ1v) is 12.7. The minimum absolute atomic E-state index is 0.0588. The maximum absolute atomic E-state index is 13.3. The highest BCUT2D eigenvalue weighted by Crippen LogP contribution is 2.27. The van der Waals surface area contributed by atoms with Gasteiger partial charge >= 0.3 is 0 Å². The SMILES string of the molecule is CNC1CCc2cc(Nc3ncc4c(=O)n(C(C)C)n(-c5ccnc(C(C)(C)C)c5)c4n3)ccc2C1. The van der Waals surface area contributed by atoms with Crippen LogP contribution in [0.25, 0.3) is 16.7 Å². The number of nitrogens with one attached hydrogen (secondary N) is 2. The Bertz CT molecular complexity index is 1480. The third-order valence-corrected chi connectivity index (χ3v) is 6.97. The molecule has 0 radical (unpaired) electrons. The van der Waals surface area contributed by atoms with Gasteiger partial charge in [-0.05, 0) is 75.5 Å². The third kappa shape index (κ3) is 4.41. The molecule has 0 saturated carbocycles. The van der Waals surface area contributed by atoms with Gasteiger partial charge in [-0.2, -0.15) is 4.98 Å². The van der Waals surface area contributed by atoms with Crippen LogP contribution in [-0.4, -0.2) is 37.4 Å². The summed E-state index contributed by atoms with van der Waals surface area (Å²) in [5.74, 6) is 0.464. The summed E-state index contributed by atoms with van der Waals surface area (Å²) in [4.78, 5) is 27.2. The van der Waals surface area contributed by atoms with Gasteiger partial charge in [-0.3, -0.25) is 9.78 Å². The van der Waals surface area contributed by atoms with E-state index in [2.05, 4.69) is 59.6 Å². The molecule has 0 spiro atoms. The highest BCUT2D eigenvalue weighted by atomic mass is 16.1. The van der Waals surface area contributed by atoms with Crippen molar-refractivity contribution in [1.82, 2.24) is 29.6 Å². The molecule has 1 aliphatic rings. The molecule has 0 aliphatic heterocycles. The molecular formula is C28H35N7O.